The fourth-order valence-corrected chi connectivity index (χ4v) is 3.01. The molecule has 2 aromatic carbocycles. The first-order valence-corrected chi connectivity index (χ1v) is 9.02. The zero-order valence-electron chi connectivity index (χ0n) is 13.8. The second-order valence-electron chi connectivity index (χ2n) is 5.19. The Hall–Kier alpha value is -2.04. The van der Waals surface area contributed by atoms with Crippen molar-refractivity contribution in [2.24, 2.45) is 0 Å². The Morgan fingerprint density at radius 3 is 2.84 bits per heavy atom. The van der Waals surface area contributed by atoms with Gasteiger partial charge in [0.25, 0.3) is 5.91 Å². The average molecular weight is 467 g/mol. The Morgan fingerprint density at radius 1 is 1.40 bits per heavy atom. The summed E-state index contributed by atoms with van der Waals surface area (Å²) in [5, 5.41) is 12.6. The van der Waals surface area contributed by atoms with E-state index in [0.717, 1.165) is 14.7 Å². The van der Waals surface area contributed by atoms with Gasteiger partial charge in [-0.15, -0.1) is 0 Å². The maximum atomic E-state index is 12.4. The van der Waals surface area contributed by atoms with E-state index in [1.54, 1.807) is 30.3 Å². The van der Waals surface area contributed by atoms with Gasteiger partial charge in [0, 0.05) is 14.3 Å². The normalized spacial score (nSPS) is 10.9. The Labute approximate surface area is 165 Å². The van der Waals surface area contributed by atoms with Crippen molar-refractivity contribution in [1.82, 2.24) is 0 Å². The molecule has 0 aliphatic rings. The predicted octanol–water partition coefficient (Wildman–Crippen LogP) is 5.20. The van der Waals surface area contributed by atoms with Crippen molar-refractivity contribution in [3.63, 3.8) is 0 Å². The van der Waals surface area contributed by atoms with Crippen LogP contribution in [0, 0.1) is 21.8 Å². The van der Waals surface area contributed by atoms with E-state index < -0.39 is 5.91 Å². The van der Waals surface area contributed by atoms with E-state index in [4.69, 9.17) is 16.3 Å². The van der Waals surface area contributed by atoms with Crippen LogP contribution in [0.4, 0.5) is 5.69 Å². The first kappa shape index (κ1) is 19.3. The number of hydrogen-bond acceptors (Lipinski definition) is 3. The van der Waals surface area contributed by atoms with Gasteiger partial charge >= 0.3 is 0 Å². The van der Waals surface area contributed by atoms with Crippen molar-refractivity contribution in [2.75, 3.05) is 11.9 Å². The van der Waals surface area contributed by atoms with Gasteiger partial charge in [-0.1, -0.05) is 17.7 Å². The molecule has 2 aromatic rings. The Kier molecular flexibility index (Phi) is 6.85. The largest absolute Gasteiger partial charge is 0.494 e. The minimum absolute atomic E-state index is 0.00354. The van der Waals surface area contributed by atoms with Crippen molar-refractivity contribution in [3.8, 4) is 11.8 Å². The fourth-order valence-electron chi connectivity index (χ4n) is 2.17. The van der Waals surface area contributed by atoms with Gasteiger partial charge in [0.2, 0.25) is 0 Å². The van der Waals surface area contributed by atoms with Crippen LogP contribution < -0.4 is 10.1 Å². The molecular formula is C19H16ClIN2O2. The zero-order chi connectivity index (χ0) is 18.4. The van der Waals surface area contributed by atoms with Crippen LogP contribution in [-0.2, 0) is 4.79 Å². The Balaban J connectivity index is 2.29. The van der Waals surface area contributed by atoms with Crippen molar-refractivity contribution < 1.29 is 9.53 Å². The zero-order valence-corrected chi connectivity index (χ0v) is 16.7. The lowest BCUT2D eigenvalue weighted by molar-refractivity contribution is -0.112. The summed E-state index contributed by atoms with van der Waals surface area (Å²) in [4.78, 5) is 12.4. The number of nitriles is 1. The lowest BCUT2D eigenvalue weighted by atomic mass is 10.1. The molecule has 0 fully saturated rings. The summed E-state index contributed by atoms with van der Waals surface area (Å²) in [6.07, 6.45) is 1.54. The van der Waals surface area contributed by atoms with Gasteiger partial charge in [-0.25, -0.2) is 0 Å². The number of amides is 1. The third-order valence-corrected chi connectivity index (χ3v) is 4.43. The van der Waals surface area contributed by atoms with Crippen LogP contribution in [0.3, 0.4) is 0 Å². The van der Waals surface area contributed by atoms with E-state index in [1.165, 1.54) is 0 Å². The smallest absolute Gasteiger partial charge is 0.266 e. The van der Waals surface area contributed by atoms with Gasteiger partial charge in [0.15, 0.2) is 0 Å². The molecule has 0 saturated heterocycles. The third-order valence-electron chi connectivity index (χ3n) is 3.40. The minimum Gasteiger partial charge on any atom is -0.494 e. The highest BCUT2D eigenvalue weighted by Gasteiger charge is 2.12. The standard InChI is InChI=1S/C19H16ClIN2O2/c1-3-25-16-9-13(8-15(21)10-16)7-14(11-22)19(24)23-18-6-4-5-17(20)12(18)2/h4-10H,3H2,1-2H3,(H,23,24)/b14-7+. The van der Waals surface area contributed by atoms with Crippen LogP contribution in [0.1, 0.15) is 18.1 Å². The van der Waals surface area contributed by atoms with E-state index in [2.05, 4.69) is 27.9 Å². The third kappa shape index (κ3) is 5.21. The predicted molar refractivity (Wildman–Crippen MR) is 109 cm³/mol. The number of nitrogens with one attached hydrogen (secondary N) is 1. The first-order chi connectivity index (χ1) is 11.9. The van der Waals surface area contributed by atoms with Crippen LogP contribution >= 0.6 is 34.2 Å². The molecule has 0 aromatic heterocycles. The fraction of sp³-hybridized carbons (Fsp3) is 0.158. The second kappa shape index (κ2) is 8.88. The highest BCUT2D eigenvalue weighted by molar-refractivity contribution is 14.1. The van der Waals surface area contributed by atoms with E-state index >= 15 is 0 Å². The van der Waals surface area contributed by atoms with Crippen LogP contribution in [0.5, 0.6) is 5.75 Å². The number of carbonyl (C=O) groups excluding carboxylic acids is 1. The molecule has 1 N–H and O–H groups in total. The molecule has 25 heavy (non-hydrogen) atoms. The van der Waals surface area contributed by atoms with Crippen molar-refractivity contribution in [3.05, 3.63) is 61.7 Å². The molecule has 0 radical (unpaired) electrons. The van der Waals surface area contributed by atoms with Crippen LogP contribution in [0.2, 0.25) is 5.02 Å². The molecule has 0 unspecified atom stereocenters. The summed E-state index contributed by atoms with van der Waals surface area (Å²) in [7, 11) is 0. The lowest BCUT2D eigenvalue weighted by Gasteiger charge is -2.09. The highest BCUT2D eigenvalue weighted by Crippen LogP contribution is 2.24. The van der Waals surface area contributed by atoms with Crippen LogP contribution in [-0.4, -0.2) is 12.5 Å². The second-order valence-corrected chi connectivity index (χ2v) is 6.84. The van der Waals surface area contributed by atoms with Gasteiger partial charge in [0.1, 0.15) is 17.4 Å². The molecule has 0 aliphatic carbocycles. The molecule has 128 valence electrons. The van der Waals surface area contributed by atoms with Gasteiger partial charge in [-0.3, -0.25) is 4.79 Å². The van der Waals surface area contributed by atoms with Gasteiger partial charge < -0.3 is 10.1 Å². The lowest BCUT2D eigenvalue weighted by Crippen LogP contribution is -2.14. The molecule has 1 amide bonds. The number of hydrogen-bond donors (Lipinski definition) is 1. The van der Waals surface area contributed by atoms with Crippen molar-refractivity contribution >= 4 is 51.9 Å². The molecule has 0 aliphatic heterocycles. The maximum Gasteiger partial charge on any atom is 0.266 e. The molecule has 0 heterocycles. The number of ether oxygens (including phenoxy) is 1. The molecule has 0 atom stereocenters. The molecular weight excluding hydrogens is 451 g/mol. The number of anilines is 1. The number of nitrogens with zero attached hydrogens (tertiary/aromatic N) is 1. The van der Waals surface area contributed by atoms with Crippen molar-refractivity contribution in [2.45, 2.75) is 13.8 Å². The summed E-state index contributed by atoms with van der Waals surface area (Å²) >= 11 is 8.23. The molecule has 0 spiro atoms. The maximum absolute atomic E-state index is 12.4. The number of halogens is 2. The molecule has 0 saturated carbocycles. The molecule has 2 rings (SSSR count). The van der Waals surface area contributed by atoms with Gasteiger partial charge in [-0.2, -0.15) is 5.26 Å². The van der Waals surface area contributed by atoms with Crippen molar-refractivity contribution in [1.29, 1.82) is 5.26 Å². The SMILES string of the molecule is CCOc1cc(I)cc(/C=C(\C#N)C(=O)Nc2cccc(Cl)c2C)c1. The highest BCUT2D eigenvalue weighted by atomic mass is 127. The van der Waals surface area contributed by atoms with E-state index in [-0.39, 0.29) is 5.57 Å². The monoisotopic (exact) mass is 466 g/mol. The molecule has 0 bridgehead atoms. The summed E-state index contributed by atoms with van der Waals surface area (Å²) < 4.78 is 6.45. The van der Waals surface area contributed by atoms with Crippen LogP contribution in [0.25, 0.3) is 6.08 Å². The molecule has 6 heteroatoms. The Morgan fingerprint density at radius 2 is 2.16 bits per heavy atom. The molecule has 4 nitrogen and oxygen atoms in total. The van der Waals surface area contributed by atoms with Gasteiger partial charge in [0.05, 0.1) is 6.61 Å². The summed E-state index contributed by atoms with van der Waals surface area (Å²) in [5.41, 5.74) is 2.06. The average Bonchev–Trinajstić information content (AvgIpc) is 2.56. The van der Waals surface area contributed by atoms with E-state index in [0.29, 0.717) is 23.1 Å². The quantitative estimate of drug-likeness (QED) is 0.374. The topological polar surface area (TPSA) is 62.1 Å². The van der Waals surface area contributed by atoms with E-state index in [1.807, 2.05) is 32.0 Å². The minimum atomic E-state index is -0.482. The Bertz CT molecular complexity index is 872. The first-order valence-electron chi connectivity index (χ1n) is 7.56. The van der Waals surface area contributed by atoms with Gasteiger partial charge in [-0.05, 0) is 84.0 Å². The summed E-state index contributed by atoms with van der Waals surface area (Å²) in [6, 6.07) is 12.7. The number of rotatable bonds is 5. The van der Waals surface area contributed by atoms with Crippen LogP contribution in [0.15, 0.2) is 42.0 Å². The summed E-state index contributed by atoms with van der Waals surface area (Å²) in [6.45, 7) is 4.25. The number of carbonyl (C=O) groups is 1. The van der Waals surface area contributed by atoms with E-state index in [9.17, 15) is 10.1 Å². The summed E-state index contributed by atoms with van der Waals surface area (Å²) in [5.74, 6) is 0.216. The number of benzene rings is 2.